The summed E-state index contributed by atoms with van der Waals surface area (Å²) in [7, 11) is 1.84. The molecule has 0 heterocycles. The summed E-state index contributed by atoms with van der Waals surface area (Å²) in [6, 6.07) is 0. The van der Waals surface area contributed by atoms with E-state index in [1.807, 2.05) is 10.6 Å². The minimum atomic E-state index is 0.0444. The van der Waals surface area contributed by atoms with Gasteiger partial charge in [0.25, 0.3) is 0 Å². The molecular weight excluding hydrogens is 371 g/mol. The fraction of sp³-hybridized carbons (Fsp3) is 0.889. The van der Waals surface area contributed by atoms with Crippen molar-refractivity contribution in [3.05, 3.63) is 9.60 Å². The number of methoxy groups -OCH3 is 1. The Bertz CT molecular complexity index is 288. The zero-order valence-corrected chi connectivity index (χ0v) is 16.4. The average molecular weight is 404 g/mol. The van der Waals surface area contributed by atoms with Crippen molar-refractivity contribution in [1.82, 2.24) is 0 Å². The van der Waals surface area contributed by atoms with Gasteiger partial charge in [0, 0.05) is 0 Å². The zero-order chi connectivity index (χ0) is 14.9. The molecule has 2 rings (SSSR count). The predicted molar refractivity (Wildman–Crippen MR) is 95.6 cm³/mol. The summed E-state index contributed by atoms with van der Waals surface area (Å²) in [6.45, 7) is 4.17. The van der Waals surface area contributed by atoms with Gasteiger partial charge < -0.3 is 0 Å². The first-order valence-corrected chi connectivity index (χ1v) is 12.0. The number of hydrogen-bond donors (Lipinski definition) is 0. The quantitative estimate of drug-likeness (QED) is 0.520. The Kier molecular flexibility index (Phi) is 8.82. The minimum absolute atomic E-state index is 0.0444. The van der Waals surface area contributed by atoms with Crippen LogP contribution in [0.15, 0.2) is 9.60 Å². The van der Waals surface area contributed by atoms with E-state index in [9.17, 15) is 0 Å². The van der Waals surface area contributed by atoms with E-state index in [-0.39, 0.29) is 20.9 Å². The van der Waals surface area contributed by atoms with E-state index >= 15 is 0 Å². The molecule has 120 valence electrons. The molecule has 0 aliphatic heterocycles. The van der Waals surface area contributed by atoms with Crippen molar-refractivity contribution in [2.24, 2.45) is 0 Å². The van der Waals surface area contributed by atoms with Crippen LogP contribution in [-0.2, 0) is 4.74 Å². The first-order chi connectivity index (χ1) is 10.4. The zero-order valence-electron chi connectivity index (χ0n) is 14.1. The maximum absolute atomic E-state index is 5.39. The van der Waals surface area contributed by atoms with Crippen LogP contribution < -0.4 is 0 Å². The third kappa shape index (κ3) is 5.60. The van der Waals surface area contributed by atoms with E-state index in [0.717, 1.165) is 25.0 Å². The molecule has 2 saturated carbocycles. The van der Waals surface area contributed by atoms with E-state index in [0.29, 0.717) is 0 Å². The molecule has 2 aliphatic carbocycles. The van der Waals surface area contributed by atoms with E-state index in [4.69, 9.17) is 4.74 Å². The SMILES string of the molecule is CC[Te]/C(=C\COC)B(C1CCCCC1)C1CCCCC1. The van der Waals surface area contributed by atoms with Gasteiger partial charge in [-0.2, -0.15) is 0 Å². The molecule has 0 radical (unpaired) electrons. The van der Waals surface area contributed by atoms with Crippen LogP contribution in [0.1, 0.15) is 71.1 Å². The molecule has 1 nitrogen and oxygen atoms in total. The molecule has 0 atom stereocenters. The molecule has 0 spiro atoms. The molecule has 0 amide bonds. The van der Waals surface area contributed by atoms with Gasteiger partial charge in [-0.05, 0) is 0 Å². The monoisotopic (exact) mass is 406 g/mol. The first kappa shape index (κ1) is 17.9. The summed E-state index contributed by atoms with van der Waals surface area (Å²) in [4.78, 5) is 0. The van der Waals surface area contributed by atoms with Crippen LogP contribution in [0.4, 0.5) is 0 Å². The molecule has 0 aromatic rings. The standard InChI is InChI=1S/C18H33BOTe/c1-3-21-18(14-15-20-2)19(16-10-6-4-7-11-16)17-12-8-5-9-13-17/h14,16-17H,3-13,15H2,1-2H3/b18-14-. The average Bonchev–Trinajstić information content (AvgIpc) is 2.55. The molecule has 0 aromatic carbocycles. The molecule has 0 saturated heterocycles. The van der Waals surface area contributed by atoms with Crippen molar-refractivity contribution in [3.8, 4) is 0 Å². The first-order valence-electron chi connectivity index (χ1n) is 9.18. The van der Waals surface area contributed by atoms with Gasteiger partial charge in [0.15, 0.2) is 0 Å². The van der Waals surface area contributed by atoms with E-state index in [1.165, 1.54) is 68.7 Å². The van der Waals surface area contributed by atoms with Crippen LogP contribution in [0.25, 0.3) is 0 Å². The van der Waals surface area contributed by atoms with Crippen LogP contribution >= 0.6 is 0 Å². The summed E-state index contributed by atoms with van der Waals surface area (Å²) in [6.07, 6.45) is 17.4. The number of rotatable bonds is 7. The van der Waals surface area contributed by atoms with Crippen molar-refractivity contribution in [2.45, 2.75) is 87.2 Å². The molecule has 0 aromatic heterocycles. The second-order valence-electron chi connectivity index (χ2n) is 6.82. The third-order valence-corrected chi connectivity index (χ3v) is 8.43. The van der Waals surface area contributed by atoms with E-state index in [2.05, 4.69) is 13.0 Å². The molecule has 2 fully saturated rings. The van der Waals surface area contributed by atoms with Crippen LogP contribution in [0.5, 0.6) is 0 Å². The summed E-state index contributed by atoms with van der Waals surface area (Å²) < 4.78 is 8.68. The third-order valence-electron chi connectivity index (χ3n) is 5.41. The Labute approximate surface area is 142 Å². The number of hydrogen-bond acceptors (Lipinski definition) is 1. The molecule has 3 heteroatoms. The molecule has 0 bridgehead atoms. The van der Waals surface area contributed by atoms with Crippen LogP contribution in [0.2, 0.25) is 16.1 Å². The summed E-state index contributed by atoms with van der Waals surface area (Å²) in [5.74, 6) is 2.00. The van der Waals surface area contributed by atoms with Gasteiger partial charge in [-0.15, -0.1) is 0 Å². The van der Waals surface area contributed by atoms with Gasteiger partial charge in [-0.25, -0.2) is 0 Å². The Balaban J connectivity index is 2.14. The van der Waals surface area contributed by atoms with Crippen LogP contribution in [0, 0.1) is 0 Å². The van der Waals surface area contributed by atoms with Crippen molar-refractivity contribution in [1.29, 1.82) is 0 Å². The van der Waals surface area contributed by atoms with E-state index < -0.39 is 0 Å². The van der Waals surface area contributed by atoms with Gasteiger partial charge in [0.05, 0.1) is 0 Å². The van der Waals surface area contributed by atoms with Gasteiger partial charge in [-0.3, -0.25) is 0 Å². The summed E-state index contributed by atoms with van der Waals surface area (Å²) in [5.41, 5.74) is 0. The number of ether oxygens (including phenoxy) is 1. The molecule has 21 heavy (non-hydrogen) atoms. The summed E-state index contributed by atoms with van der Waals surface area (Å²) in [5, 5.41) is 0. The molecular formula is C18H33BOTe. The normalized spacial score (nSPS) is 22.5. The molecule has 0 unspecified atom stereocenters. The van der Waals surface area contributed by atoms with Gasteiger partial charge in [0.1, 0.15) is 0 Å². The van der Waals surface area contributed by atoms with Crippen molar-refractivity contribution in [2.75, 3.05) is 13.7 Å². The molecule has 2 aliphatic rings. The molecule has 0 N–H and O–H groups in total. The Hall–Kier alpha value is 0.555. The Morgan fingerprint density at radius 2 is 1.52 bits per heavy atom. The maximum atomic E-state index is 5.39. The van der Waals surface area contributed by atoms with Gasteiger partial charge >= 0.3 is 143 Å². The topological polar surface area (TPSA) is 9.23 Å². The summed E-state index contributed by atoms with van der Waals surface area (Å²) >= 11 is 0.0444. The van der Waals surface area contributed by atoms with Crippen molar-refractivity contribution >= 4 is 27.6 Å². The van der Waals surface area contributed by atoms with Crippen LogP contribution in [0.3, 0.4) is 0 Å². The fourth-order valence-electron chi connectivity index (χ4n) is 4.46. The van der Waals surface area contributed by atoms with Gasteiger partial charge in [0.2, 0.25) is 0 Å². The van der Waals surface area contributed by atoms with Crippen LogP contribution in [-0.4, -0.2) is 41.4 Å². The second kappa shape index (κ2) is 10.4. The second-order valence-corrected chi connectivity index (χ2v) is 10.6. The van der Waals surface area contributed by atoms with Crippen molar-refractivity contribution in [3.63, 3.8) is 0 Å². The van der Waals surface area contributed by atoms with E-state index in [1.54, 1.807) is 0 Å². The Morgan fingerprint density at radius 3 is 1.95 bits per heavy atom. The predicted octanol–water partition coefficient (Wildman–Crippen LogP) is 5.36. The Morgan fingerprint density at radius 1 is 1.00 bits per heavy atom. The van der Waals surface area contributed by atoms with Gasteiger partial charge in [-0.1, -0.05) is 0 Å². The van der Waals surface area contributed by atoms with Crippen molar-refractivity contribution < 1.29 is 4.74 Å². The fourth-order valence-corrected chi connectivity index (χ4v) is 7.59.